The molecule has 1 saturated carbocycles. The van der Waals surface area contributed by atoms with Gasteiger partial charge in [-0.15, -0.1) is 0 Å². The van der Waals surface area contributed by atoms with Crippen LogP contribution in [0, 0.1) is 5.41 Å². The molecule has 0 bridgehead atoms. The monoisotopic (exact) mass is 470 g/mol. The maximum absolute atomic E-state index is 12.8. The number of aliphatic hydroxyl groups is 3. The number of β-amino-alcohol motifs (C(OH)–C–C–N with tert-alkyl or cyclic N) is 1. The number of nitrogens with one attached hydrogen (secondary N) is 1. The molecule has 4 atom stereocenters. The first-order valence-electron chi connectivity index (χ1n) is 11.6. The molecule has 1 unspecified atom stereocenters. The summed E-state index contributed by atoms with van der Waals surface area (Å²) in [4.78, 5) is 14.8. The number of amides is 1. The largest absolute Gasteiger partial charge is 0.492 e. The summed E-state index contributed by atoms with van der Waals surface area (Å²) >= 11 is 0. The molecule has 0 saturated heterocycles. The van der Waals surface area contributed by atoms with Crippen molar-refractivity contribution in [2.24, 2.45) is 5.41 Å². The molecule has 1 fully saturated rings. The van der Waals surface area contributed by atoms with Crippen molar-refractivity contribution in [2.45, 2.75) is 37.7 Å². The van der Waals surface area contributed by atoms with Crippen LogP contribution in [-0.2, 0) is 6.54 Å². The first-order chi connectivity index (χ1) is 16.4. The molecule has 3 aliphatic rings. The molecule has 2 aliphatic heterocycles. The number of aliphatic hydroxyl groups excluding tert-OH is 3. The van der Waals surface area contributed by atoms with Gasteiger partial charge >= 0.3 is 0 Å². The molecule has 1 amide bonds. The van der Waals surface area contributed by atoms with E-state index in [1.54, 1.807) is 24.3 Å². The van der Waals surface area contributed by atoms with Crippen LogP contribution < -0.4 is 19.5 Å². The third-order valence-electron chi connectivity index (χ3n) is 6.79. The van der Waals surface area contributed by atoms with E-state index in [9.17, 15) is 20.1 Å². The van der Waals surface area contributed by atoms with Crippen molar-refractivity contribution in [3.8, 4) is 17.2 Å². The van der Waals surface area contributed by atoms with Gasteiger partial charge < -0.3 is 34.8 Å². The molecule has 2 aromatic rings. The van der Waals surface area contributed by atoms with Crippen molar-refractivity contribution < 1.29 is 34.3 Å². The van der Waals surface area contributed by atoms with Crippen LogP contribution >= 0.6 is 0 Å². The predicted octanol–water partition coefficient (Wildman–Crippen LogP) is 0.903. The summed E-state index contributed by atoms with van der Waals surface area (Å²) in [6.45, 7) is 1.66. The van der Waals surface area contributed by atoms with Gasteiger partial charge in [0, 0.05) is 37.2 Å². The van der Waals surface area contributed by atoms with Crippen LogP contribution in [0.25, 0.3) is 0 Å². The molecule has 0 aromatic heterocycles. The number of hydrogen-bond donors (Lipinski definition) is 4. The van der Waals surface area contributed by atoms with Crippen molar-refractivity contribution in [3.63, 3.8) is 0 Å². The minimum Gasteiger partial charge on any atom is -0.492 e. The zero-order valence-electron chi connectivity index (χ0n) is 18.9. The summed E-state index contributed by atoms with van der Waals surface area (Å²) in [7, 11) is 0. The normalized spacial score (nSPS) is 29.6. The Morgan fingerprint density at radius 3 is 2.56 bits per heavy atom. The lowest BCUT2D eigenvalue weighted by Crippen LogP contribution is -2.46. The van der Waals surface area contributed by atoms with Crippen LogP contribution in [0.2, 0.25) is 0 Å². The molecule has 1 aliphatic carbocycles. The van der Waals surface area contributed by atoms with Crippen LogP contribution in [0.15, 0.2) is 42.5 Å². The molecule has 1 spiro atoms. The average Bonchev–Trinajstić information content (AvgIpc) is 3.41. The molecule has 2 heterocycles. The Balaban J connectivity index is 1.46. The number of benzene rings is 2. The smallest absolute Gasteiger partial charge is 0.255 e. The SMILES string of the molecule is O=C1NC[C@H](O)CN(Cc2cccc3c2OCO3)CC2(COc3ccccc31)C[C@@H](O)[C@@H](O)C2. The molecule has 182 valence electrons. The molecule has 34 heavy (non-hydrogen) atoms. The van der Waals surface area contributed by atoms with E-state index in [1.165, 1.54) is 0 Å². The van der Waals surface area contributed by atoms with Crippen LogP contribution in [0.3, 0.4) is 0 Å². The van der Waals surface area contributed by atoms with Gasteiger partial charge in [0.2, 0.25) is 6.79 Å². The Morgan fingerprint density at radius 1 is 0.971 bits per heavy atom. The van der Waals surface area contributed by atoms with E-state index in [0.717, 1.165) is 5.56 Å². The molecular formula is C25H30N2O7. The predicted molar refractivity (Wildman–Crippen MR) is 122 cm³/mol. The fraction of sp³-hybridized carbons (Fsp3) is 0.480. The molecular weight excluding hydrogens is 440 g/mol. The number of rotatable bonds is 2. The summed E-state index contributed by atoms with van der Waals surface area (Å²) in [6.07, 6.45) is -1.85. The Hall–Kier alpha value is -2.85. The molecule has 0 radical (unpaired) electrons. The number of ether oxygens (including phenoxy) is 3. The number of carbonyl (C=O) groups is 1. The van der Waals surface area contributed by atoms with E-state index in [-0.39, 0.29) is 32.4 Å². The van der Waals surface area contributed by atoms with Gasteiger partial charge in [-0.1, -0.05) is 24.3 Å². The van der Waals surface area contributed by atoms with Gasteiger partial charge in [-0.3, -0.25) is 9.69 Å². The highest BCUT2D eigenvalue weighted by molar-refractivity contribution is 5.96. The van der Waals surface area contributed by atoms with Gasteiger partial charge in [0.1, 0.15) is 5.75 Å². The molecule has 4 N–H and O–H groups in total. The van der Waals surface area contributed by atoms with Gasteiger partial charge in [0.25, 0.3) is 5.91 Å². The summed E-state index contributed by atoms with van der Waals surface area (Å²) in [5, 5.41) is 34.4. The fourth-order valence-electron chi connectivity index (χ4n) is 5.23. The van der Waals surface area contributed by atoms with Crippen LogP contribution in [0.1, 0.15) is 28.8 Å². The quantitative estimate of drug-likeness (QED) is 0.511. The van der Waals surface area contributed by atoms with Crippen molar-refractivity contribution in [1.82, 2.24) is 10.2 Å². The lowest BCUT2D eigenvalue weighted by atomic mass is 9.85. The van der Waals surface area contributed by atoms with E-state index >= 15 is 0 Å². The Labute approximate surface area is 197 Å². The summed E-state index contributed by atoms with van der Waals surface area (Å²) in [6, 6.07) is 12.7. The minimum atomic E-state index is -0.862. The van der Waals surface area contributed by atoms with E-state index < -0.39 is 23.7 Å². The number of hydrogen-bond acceptors (Lipinski definition) is 8. The van der Waals surface area contributed by atoms with E-state index in [1.807, 2.05) is 18.2 Å². The fourth-order valence-corrected chi connectivity index (χ4v) is 5.23. The third-order valence-corrected chi connectivity index (χ3v) is 6.79. The number of nitrogens with zero attached hydrogens (tertiary/aromatic N) is 1. The summed E-state index contributed by atoms with van der Waals surface area (Å²) in [5.74, 6) is 1.47. The first kappa shape index (κ1) is 22.9. The second kappa shape index (κ2) is 9.42. The van der Waals surface area contributed by atoms with Crippen molar-refractivity contribution in [3.05, 3.63) is 53.6 Å². The molecule has 5 rings (SSSR count). The molecule has 9 nitrogen and oxygen atoms in total. The van der Waals surface area contributed by atoms with Crippen LogP contribution in [0.4, 0.5) is 0 Å². The lowest BCUT2D eigenvalue weighted by Gasteiger charge is -2.37. The third kappa shape index (κ3) is 4.69. The van der Waals surface area contributed by atoms with E-state index in [2.05, 4.69) is 10.2 Å². The lowest BCUT2D eigenvalue weighted by molar-refractivity contribution is 0.0397. The summed E-state index contributed by atoms with van der Waals surface area (Å²) in [5.41, 5.74) is 0.730. The average molecular weight is 471 g/mol. The van der Waals surface area contributed by atoms with Gasteiger partial charge in [0.15, 0.2) is 11.5 Å². The van der Waals surface area contributed by atoms with E-state index in [4.69, 9.17) is 14.2 Å². The maximum atomic E-state index is 12.8. The maximum Gasteiger partial charge on any atom is 0.255 e. The number of fused-ring (bicyclic) bond motifs is 2. The molecule has 9 heteroatoms. The standard InChI is InChI=1S/C25H30N2O7/c28-17-10-26-24(31)18-5-1-2-6-21(18)32-14-25(8-19(29)20(30)9-25)13-27(12-17)11-16-4-3-7-22-23(16)34-15-33-22/h1-7,17,19-20,28-30H,8-15H2,(H,26,31)/t17-,19-,20+,25?/m0/s1. The topological polar surface area (TPSA) is 121 Å². The van der Waals surface area contributed by atoms with Crippen molar-refractivity contribution in [1.29, 1.82) is 0 Å². The second-order valence-corrected chi connectivity index (χ2v) is 9.51. The van der Waals surface area contributed by atoms with Gasteiger partial charge in [-0.25, -0.2) is 0 Å². The summed E-state index contributed by atoms with van der Waals surface area (Å²) < 4.78 is 17.3. The molecule has 2 aromatic carbocycles. The zero-order valence-corrected chi connectivity index (χ0v) is 18.9. The Morgan fingerprint density at radius 2 is 1.74 bits per heavy atom. The van der Waals surface area contributed by atoms with Crippen molar-refractivity contribution >= 4 is 5.91 Å². The second-order valence-electron chi connectivity index (χ2n) is 9.51. The Bertz CT molecular complexity index is 1040. The van der Waals surface area contributed by atoms with Crippen LogP contribution in [-0.4, -0.2) is 77.5 Å². The van der Waals surface area contributed by atoms with Crippen molar-refractivity contribution in [2.75, 3.05) is 33.0 Å². The number of para-hydroxylation sites is 2. The highest BCUT2D eigenvalue weighted by atomic mass is 16.7. The minimum absolute atomic E-state index is 0.0778. The van der Waals surface area contributed by atoms with Crippen LogP contribution in [0.5, 0.6) is 17.2 Å². The van der Waals surface area contributed by atoms with Gasteiger partial charge in [0.05, 0.1) is 30.5 Å². The Kier molecular flexibility index (Phi) is 6.35. The van der Waals surface area contributed by atoms with Gasteiger partial charge in [-0.05, 0) is 31.0 Å². The number of carbonyl (C=O) groups excluding carboxylic acids is 1. The zero-order chi connectivity index (χ0) is 23.7. The van der Waals surface area contributed by atoms with Gasteiger partial charge in [-0.2, -0.15) is 0 Å². The highest BCUT2D eigenvalue weighted by Gasteiger charge is 2.46. The first-order valence-corrected chi connectivity index (χ1v) is 11.6. The van der Waals surface area contributed by atoms with E-state index in [0.29, 0.717) is 48.7 Å². The highest BCUT2D eigenvalue weighted by Crippen LogP contribution is 2.42.